The van der Waals surface area contributed by atoms with Crippen LogP contribution in [-0.2, 0) is 15.6 Å². The maximum Gasteiger partial charge on any atom is 0.324 e. The minimum Gasteiger partial charge on any atom is -0.480 e. The molecule has 14 heavy (non-hydrogen) atoms. The minimum absolute atomic E-state index is 0.319. The van der Waals surface area contributed by atoms with Gasteiger partial charge in [0.15, 0.2) is 0 Å². The first-order chi connectivity index (χ1) is 6.42. The van der Waals surface area contributed by atoms with Gasteiger partial charge in [0.1, 0.15) is 5.54 Å². The lowest BCUT2D eigenvalue weighted by Gasteiger charge is -2.31. The van der Waals surface area contributed by atoms with E-state index in [1.165, 1.54) is 6.92 Å². The maximum absolute atomic E-state index is 11.0. The summed E-state index contributed by atoms with van der Waals surface area (Å²) in [5.41, 5.74) is 4.40. The average molecular weight is 220 g/mol. The highest BCUT2D eigenvalue weighted by molar-refractivity contribution is 7.85. The standard InChI is InChI=1S/C8H16N2O3S/c1-8(9,7(11)12)6-10-2-4-14(13)5-3-10/h2-6,9H2,1H3,(H,11,12). The molecule has 0 amide bonds. The number of hydrogen-bond acceptors (Lipinski definition) is 4. The Morgan fingerprint density at radius 3 is 2.50 bits per heavy atom. The van der Waals surface area contributed by atoms with Crippen LogP contribution in [-0.4, -0.2) is 56.9 Å². The van der Waals surface area contributed by atoms with Crippen molar-refractivity contribution in [3.05, 3.63) is 0 Å². The van der Waals surface area contributed by atoms with Crippen LogP contribution in [0.5, 0.6) is 0 Å². The SMILES string of the molecule is CC(N)(CN1CCS(=O)CC1)C(=O)O. The molecule has 82 valence electrons. The van der Waals surface area contributed by atoms with E-state index in [0.29, 0.717) is 31.1 Å². The molecule has 6 heteroatoms. The van der Waals surface area contributed by atoms with Gasteiger partial charge in [0, 0.05) is 41.9 Å². The molecule has 1 aliphatic rings. The van der Waals surface area contributed by atoms with Gasteiger partial charge in [-0.25, -0.2) is 0 Å². The van der Waals surface area contributed by atoms with Crippen molar-refractivity contribution in [2.75, 3.05) is 31.1 Å². The zero-order chi connectivity index (χ0) is 10.8. The molecule has 5 nitrogen and oxygen atoms in total. The molecule has 1 fully saturated rings. The fourth-order valence-electron chi connectivity index (χ4n) is 1.37. The van der Waals surface area contributed by atoms with E-state index in [9.17, 15) is 9.00 Å². The Labute approximate surface area is 85.7 Å². The third kappa shape index (κ3) is 3.04. The van der Waals surface area contributed by atoms with Crippen LogP contribution in [0.1, 0.15) is 6.92 Å². The molecule has 0 saturated carbocycles. The fraction of sp³-hybridized carbons (Fsp3) is 0.875. The minimum atomic E-state index is -1.21. The number of rotatable bonds is 3. The van der Waals surface area contributed by atoms with Crippen LogP contribution in [0.2, 0.25) is 0 Å². The zero-order valence-electron chi connectivity index (χ0n) is 8.23. The summed E-state index contributed by atoms with van der Waals surface area (Å²) in [7, 11) is -0.730. The summed E-state index contributed by atoms with van der Waals surface area (Å²) in [4.78, 5) is 12.7. The topological polar surface area (TPSA) is 83.6 Å². The highest BCUT2D eigenvalue weighted by Crippen LogP contribution is 2.07. The van der Waals surface area contributed by atoms with Crippen LogP contribution in [0.15, 0.2) is 0 Å². The van der Waals surface area contributed by atoms with E-state index in [1.54, 1.807) is 0 Å². The van der Waals surface area contributed by atoms with Crippen molar-refractivity contribution in [2.45, 2.75) is 12.5 Å². The van der Waals surface area contributed by atoms with Crippen LogP contribution >= 0.6 is 0 Å². The van der Waals surface area contributed by atoms with Crippen LogP contribution in [0.4, 0.5) is 0 Å². The van der Waals surface area contributed by atoms with Gasteiger partial charge < -0.3 is 10.8 Å². The number of nitrogens with zero attached hydrogens (tertiary/aromatic N) is 1. The molecular weight excluding hydrogens is 204 g/mol. The third-order valence-electron chi connectivity index (χ3n) is 2.31. The first-order valence-electron chi connectivity index (χ1n) is 4.51. The molecule has 0 spiro atoms. The van der Waals surface area contributed by atoms with E-state index in [4.69, 9.17) is 10.8 Å². The number of nitrogens with two attached hydrogens (primary N) is 1. The number of aliphatic carboxylic acids is 1. The highest BCUT2D eigenvalue weighted by Gasteiger charge is 2.31. The van der Waals surface area contributed by atoms with Crippen LogP contribution in [0.3, 0.4) is 0 Å². The van der Waals surface area contributed by atoms with Crippen molar-refractivity contribution in [1.82, 2.24) is 4.90 Å². The quantitative estimate of drug-likeness (QED) is 0.627. The van der Waals surface area contributed by atoms with Gasteiger partial charge in [-0.2, -0.15) is 0 Å². The molecule has 0 aromatic heterocycles. The van der Waals surface area contributed by atoms with Gasteiger partial charge in [0.25, 0.3) is 0 Å². The lowest BCUT2D eigenvalue weighted by atomic mass is 10.0. The van der Waals surface area contributed by atoms with Gasteiger partial charge in [-0.1, -0.05) is 0 Å². The Morgan fingerprint density at radius 2 is 2.07 bits per heavy atom. The summed E-state index contributed by atoms with van der Waals surface area (Å²) >= 11 is 0. The van der Waals surface area contributed by atoms with Crippen LogP contribution < -0.4 is 5.73 Å². The Kier molecular flexibility index (Phi) is 3.63. The average Bonchev–Trinajstić information content (AvgIpc) is 2.08. The van der Waals surface area contributed by atoms with Crippen molar-refractivity contribution in [3.8, 4) is 0 Å². The Morgan fingerprint density at radius 1 is 1.57 bits per heavy atom. The van der Waals surface area contributed by atoms with E-state index < -0.39 is 22.3 Å². The van der Waals surface area contributed by atoms with E-state index in [2.05, 4.69) is 0 Å². The van der Waals surface area contributed by atoms with Crippen LogP contribution in [0, 0.1) is 0 Å². The summed E-state index contributed by atoms with van der Waals surface area (Å²) in [6.07, 6.45) is 0. The largest absolute Gasteiger partial charge is 0.480 e. The van der Waals surface area contributed by atoms with Crippen molar-refractivity contribution in [2.24, 2.45) is 5.73 Å². The van der Waals surface area contributed by atoms with E-state index in [-0.39, 0.29) is 0 Å². The molecule has 1 atom stereocenters. The normalized spacial score (nSPS) is 24.4. The molecule has 0 aliphatic carbocycles. The lowest BCUT2D eigenvalue weighted by Crippen LogP contribution is -2.55. The van der Waals surface area contributed by atoms with E-state index in [0.717, 1.165) is 0 Å². The second-order valence-corrected chi connectivity index (χ2v) is 5.54. The Bertz CT molecular complexity index is 245. The van der Waals surface area contributed by atoms with E-state index >= 15 is 0 Å². The first-order valence-corrected chi connectivity index (χ1v) is 6.00. The van der Waals surface area contributed by atoms with Crippen molar-refractivity contribution >= 4 is 16.8 Å². The van der Waals surface area contributed by atoms with Gasteiger partial charge in [-0.05, 0) is 6.92 Å². The first kappa shape index (κ1) is 11.6. The third-order valence-corrected chi connectivity index (χ3v) is 3.59. The van der Waals surface area contributed by atoms with Gasteiger partial charge in [-0.3, -0.25) is 13.9 Å². The number of hydrogen-bond donors (Lipinski definition) is 2. The van der Waals surface area contributed by atoms with Gasteiger partial charge in [-0.15, -0.1) is 0 Å². The molecule has 0 aromatic carbocycles. The van der Waals surface area contributed by atoms with Gasteiger partial charge >= 0.3 is 5.97 Å². The second kappa shape index (κ2) is 4.37. The summed E-state index contributed by atoms with van der Waals surface area (Å²) in [5, 5.41) is 8.81. The Hall–Kier alpha value is -0.460. The molecule has 3 N–H and O–H groups in total. The fourth-order valence-corrected chi connectivity index (χ4v) is 2.49. The summed E-state index contributed by atoms with van der Waals surface area (Å²) < 4.78 is 11.0. The molecule has 1 saturated heterocycles. The number of carboxylic acids is 1. The summed E-state index contributed by atoms with van der Waals surface area (Å²) in [5.74, 6) is 0.245. The van der Waals surface area contributed by atoms with Crippen molar-refractivity contribution < 1.29 is 14.1 Å². The molecule has 0 aromatic rings. The summed E-state index contributed by atoms with van der Waals surface area (Å²) in [6, 6.07) is 0. The van der Waals surface area contributed by atoms with E-state index in [1.807, 2.05) is 4.90 Å². The molecule has 1 unspecified atom stereocenters. The highest BCUT2D eigenvalue weighted by atomic mass is 32.2. The number of carboxylic acid groups (broad SMARTS) is 1. The summed E-state index contributed by atoms with van der Waals surface area (Å²) in [6.45, 7) is 3.17. The Balaban J connectivity index is 2.45. The maximum atomic E-state index is 11.0. The molecular formula is C8H16N2O3S. The van der Waals surface area contributed by atoms with Crippen LogP contribution in [0.25, 0.3) is 0 Å². The predicted octanol–water partition coefficient (Wildman–Crippen LogP) is -1.15. The van der Waals surface area contributed by atoms with Gasteiger partial charge in [0.05, 0.1) is 0 Å². The monoisotopic (exact) mass is 220 g/mol. The van der Waals surface area contributed by atoms with Crippen molar-refractivity contribution in [1.29, 1.82) is 0 Å². The molecule has 1 aliphatic heterocycles. The number of carbonyl (C=O) groups is 1. The zero-order valence-corrected chi connectivity index (χ0v) is 9.05. The molecule has 1 heterocycles. The lowest BCUT2D eigenvalue weighted by molar-refractivity contribution is -0.143. The van der Waals surface area contributed by atoms with Gasteiger partial charge in [0.2, 0.25) is 0 Å². The smallest absolute Gasteiger partial charge is 0.324 e. The molecule has 0 radical (unpaired) electrons. The predicted molar refractivity (Wildman–Crippen MR) is 54.5 cm³/mol. The molecule has 1 rings (SSSR count). The second-order valence-electron chi connectivity index (χ2n) is 3.85. The molecule has 0 bridgehead atoms. The van der Waals surface area contributed by atoms with Crippen molar-refractivity contribution in [3.63, 3.8) is 0 Å².